The fraction of sp³-hybridized carbons (Fsp3) is 0.412. The van der Waals surface area contributed by atoms with E-state index in [1.54, 1.807) is 17.6 Å². The average Bonchev–Trinajstić information content (AvgIpc) is 2.84. The minimum Gasteiger partial charge on any atom is -0.385 e. The first-order chi connectivity index (χ1) is 12.4. The molecule has 1 saturated carbocycles. The number of hydrogen-bond donors (Lipinski definition) is 4. The number of H-pyrrole nitrogens is 1. The number of nitrogens with zero attached hydrogens (tertiary/aromatic N) is 2. The van der Waals surface area contributed by atoms with Crippen molar-refractivity contribution in [3.8, 4) is 0 Å². The van der Waals surface area contributed by atoms with Crippen LogP contribution in [0.1, 0.15) is 48.2 Å². The summed E-state index contributed by atoms with van der Waals surface area (Å²) in [6.45, 7) is 1.79. The minimum atomic E-state index is -0.662. The predicted octanol–water partition coefficient (Wildman–Crippen LogP) is 0.926. The van der Waals surface area contributed by atoms with Gasteiger partial charge in [-0.25, -0.2) is 4.79 Å². The highest BCUT2D eigenvalue weighted by molar-refractivity contribution is 5.97. The van der Waals surface area contributed by atoms with Gasteiger partial charge in [-0.05, 0) is 44.2 Å². The number of amides is 1. The SMILES string of the molecule is Cc1cc(Nc2cc(N)[nH]c(=O)n2)c(=O)n2c1C(=O)NC21CCCCC1. The summed E-state index contributed by atoms with van der Waals surface area (Å²) in [4.78, 5) is 43.3. The second-order valence-electron chi connectivity index (χ2n) is 6.93. The second-order valence-corrected chi connectivity index (χ2v) is 6.93. The van der Waals surface area contributed by atoms with Gasteiger partial charge in [-0.3, -0.25) is 19.1 Å². The Kier molecular flexibility index (Phi) is 3.60. The van der Waals surface area contributed by atoms with Crippen molar-refractivity contribution >= 4 is 23.2 Å². The molecule has 26 heavy (non-hydrogen) atoms. The lowest BCUT2D eigenvalue weighted by molar-refractivity contribution is 0.0876. The number of pyridine rings is 1. The van der Waals surface area contributed by atoms with E-state index >= 15 is 0 Å². The molecule has 1 amide bonds. The van der Waals surface area contributed by atoms with Gasteiger partial charge in [-0.2, -0.15) is 4.98 Å². The van der Waals surface area contributed by atoms with Crippen LogP contribution in [0.25, 0.3) is 0 Å². The molecule has 9 nitrogen and oxygen atoms in total. The van der Waals surface area contributed by atoms with Crippen LogP contribution in [0.4, 0.5) is 17.3 Å². The van der Waals surface area contributed by atoms with E-state index < -0.39 is 11.4 Å². The van der Waals surface area contributed by atoms with Gasteiger partial charge in [0.05, 0.1) is 0 Å². The van der Waals surface area contributed by atoms with E-state index in [9.17, 15) is 14.4 Å². The maximum atomic E-state index is 13.2. The van der Waals surface area contributed by atoms with E-state index in [1.807, 2.05) is 0 Å². The van der Waals surface area contributed by atoms with Crippen LogP contribution < -0.4 is 27.6 Å². The fourth-order valence-electron chi connectivity index (χ4n) is 4.01. The van der Waals surface area contributed by atoms with E-state index in [0.29, 0.717) is 11.3 Å². The lowest BCUT2D eigenvalue weighted by Crippen LogP contribution is -2.48. The van der Waals surface area contributed by atoms with Crippen LogP contribution in [0, 0.1) is 6.92 Å². The number of carbonyl (C=O) groups excluding carboxylic acids is 1. The maximum absolute atomic E-state index is 13.2. The Balaban J connectivity index is 1.85. The molecule has 2 aromatic rings. The topological polar surface area (TPSA) is 135 Å². The molecule has 0 unspecified atom stereocenters. The van der Waals surface area contributed by atoms with Crippen LogP contribution in [0.3, 0.4) is 0 Å². The smallest absolute Gasteiger partial charge is 0.348 e. The normalized spacial score (nSPS) is 17.8. The number of aromatic nitrogens is 3. The molecule has 3 heterocycles. The Morgan fingerprint density at radius 3 is 2.62 bits per heavy atom. The first-order valence-corrected chi connectivity index (χ1v) is 8.63. The molecule has 2 aromatic heterocycles. The molecular formula is C17H20N6O3. The maximum Gasteiger partial charge on any atom is 0.348 e. The number of carbonyl (C=O) groups is 1. The first-order valence-electron chi connectivity index (χ1n) is 8.63. The predicted molar refractivity (Wildman–Crippen MR) is 96.5 cm³/mol. The van der Waals surface area contributed by atoms with Gasteiger partial charge < -0.3 is 16.4 Å². The van der Waals surface area contributed by atoms with Crippen molar-refractivity contribution in [2.24, 2.45) is 0 Å². The standard InChI is InChI=1S/C17H20N6O3/c1-9-7-10(19-12-8-11(18)20-16(26)21-12)15(25)23-13(9)14(24)22-17(23)5-3-2-4-6-17/h7-8H,2-6H2,1H3,(H,22,24)(H4,18,19,20,21,26). The van der Waals surface area contributed by atoms with E-state index in [-0.39, 0.29) is 28.8 Å². The number of fused-ring (bicyclic) bond motifs is 2. The van der Waals surface area contributed by atoms with Crippen LogP contribution in [-0.2, 0) is 5.66 Å². The number of hydrogen-bond acceptors (Lipinski definition) is 6. The largest absolute Gasteiger partial charge is 0.385 e. The zero-order chi connectivity index (χ0) is 18.5. The number of aromatic amines is 1. The summed E-state index contributed by atoms with van der Waals surface area (Å²) in [7, 11) is 0. The number of nitrogens with one attached hydrogen (secondary N) is 3. The fourth-order valence-corrected chi connectivity index (χ4v) is 4.01. The molecule has 1 spiro atoms. The zero-order valence-electron chi connectivity index (χ0n) is 14.4. The molecule has 0 bridgehead atoms. The van der Waals surface area contributed by atoms with Gasteiger partial charge in [0.1, 0.15) is 28.7 Å². The summed E-state index contributed by atoms with van der Waals surface area (Å²) in [6.07, 6.45) is 4.45. The Morgan fingerprint density at radius 1 is 1.19 bits per heavy atom. The second kappa shape index (κ2) is 5.72. The van der Waals surface area contributed by atoms with Crippen molar-refractivity contribution in [1.29, 1.82) is 0 Å². The molecule has 0 radical (unpaired) electrons. The highest BCUT2D eigenvalue weighted by atomic mass is 16.2. The van der Waals surface area contributed by atoms with Gasteiger partial charge in [0.25, 0.3) is 11.5 Å². The Morgan fingerprint density at radius 2 is 1.92 bits per heavy atom. The molecule has 1 aliphatic carbocycles. The van der Waals surface area contributed by atoms with Gasteiger partial charge in [-0.1, -0.05) is 6.42 Å². The molecule has 4 rings (SSSR count). The first kappa shape index (κ1) is 16.4. The van der Waals surface area contributed by atoms with Gasteiger partial charge in [0.15, 0.2) is 0 Å². The van der Waals surface area contributed by atoms with Gasteiger partial charge in [-0.15, -0.1) is 0 Å². The summed E-state index contributed by atoms with van der Waals surface area (Å²) in [5, 5.41) is 5.91. The molecule has 1 fully saturated rings. The Hall–Kier alpha value is -3.10. The van der Waals surface area contributed by atoms with Crippen LogP contribution in [0.5, 0.6) is 0 Å². The molecule has 9 heteroatoms. The van der Waals surface area contributed by atoms with Crippen molar-refractivity contribution < 1.29 is 4.79 Å². The molecule has 0 saturated heterocycles. The van der Waals surface area contributed by atoms with Crippen molar-refractivity contribution in [3.63, 3.8) is 0 Å². The van der Waals surface area contributed by atoms with Crippen LogP contribution in [-0.4, -0.2) is 20.4 Å². The summed E-state index contributed by atoms with van der Waals surface area (Å²) >= 11 is 0. The van der Waals surface area contributed by atoms with Crippen molar-refractivity contribution in [1.82, 2.24) is 19.9 Å². The van der Waals surface area contributed by atoms with Gasteiger partial charge >= 0.3 is 5.69 Å². The number of rotatable bonds is 2. The summed E-state index contributed by atoms with van der Waals surface area (Å²) in [5.41, 5.74) is 5.39. The third-order valence-electron chi connectivity index (χ3n) is 5.09. The van der Waals surface area contributed by atoms with E-state index in [0.717, 1.165) is 32.1 Å². The van der Waals surface area contributed by atoms with Gasteiger partial charge in [0, 0.05) is 6.07 Å². The van der Waals surface area contributed by atoms with Crippen LogP contribution in [0.15, 0.2) is 21.7 Å². The summed E-state index contributed by atoms with van der Waals surface area (Å²) in [5.74, 6) is 0.107. The molecule has 0 atom stereocenters. The number of aryl methyl sites for hydroxylation is 1. The third-order valence-corrected chi connectivity index (χ3v) is 5.09. The lowest BCUT2D eigenvalue weighted by Gasteiger charge is -2.35. The van der Waals surface area contributed by atoms with E-state index in [4.69, 9.17) is 5.73 Å². The van der Waals surface area contributed by atoms with Crippen LogP contribution >= 0.6 is 0 Å². The third kappa shape index (κ3) is 2.47. The molecule has 1 aliphatic heterocycles. The highest BCUT2D eigenvalue weighted by Crippen LogP contribution is 2.37. The van der Waals surface area contributed by atoms with Gasteiger partial charge in [0.2, 0.25) is 0 Å². The number of nitrogen functional groups attached to an aromatic ring is 1. The summed E-state index contributed by atoms with van der Waals surface area (Å²) < 4.78 is 1.59. The average molecular weight is 356 g/mol. The molecule has 0 aromatic carbocycles. The quantitative estimate of drug-likeness (QED) is 0.632. The van der Waals surface area contributed by atoms with Crippen molar-refractivity contribution in [3.05, 3.63) is 44.2 Å². The number of anilines is 3. The van der Waals surface area contributed by atoms with Crippen molar-refractivity contribution in [2.45, 2.75) is 44.7 Å². The zero-order valence-corrected chi connectivity index (χ0v) is 14.4. The number of nitrogens with two attached hydrogens (primary N) is 1. The molecule has 2 aliphatic rings. The molecule has 5 N–H and O–H groups in total. The Bertz CT molecular complexity index is 1020. The molecule has 136 valence electrons. The highest BCUT2D eigenvalue weighted by Gasteiger charge is 2.45. The lowest BCUT2D eigenvalue weighted by atomic mass is 9.89. The minimum absolute atomic E-state index is 0.145. The summed E-state index contributed by atoms with van der Waals surface area (Å²) in [6, 6.07) is 3.04. The van der Waals surface area contributed by atoms with Crippen LogP contribution in [0.2, 0.25) is 0 Å². The monoisotopic (exact) mass is 356 g/mol. The van der Waals surface area contributed by atoms with E-state index in [1.165, 1.54) is 6.07 Å². The van der Waals surface area contributed by atoms with E-state index in [2.05, 4.69) is 20.6 Å². The van der Waals surface area contributed by atoms with Crippen molar-refractivity contribution in [2.75, 3.05) is 11.1 Å². The molecular weight excluding hydrogens is 336 g/mol. The Labute approximate surface area is 148 Å².